The van der Waals surface area contributed by atoms with Crippen molar-refractivity contribution in [2.45, 2.75) is 0 Å². The van der Waals surface area contributed by atoms with E-state index in [1.807, 2.05) is 0 Å². The number of methoxy groups -OCH3 is 2. The summed E-state index contributed by atoms with van der Waals surface area (Å²) in [6, 6.07) is 0. The summed E-state index contributed by atoms with van der Waals surface area (Å²) < 4.78 is 14.4. The van der Waals surface area contributed by atoms with E-state index in [0.29, 0.717) is 13.2 Å². The second-order valence-electron chi connectivity index (χ2n) is 1.75. The molecular formula is C8H14O3. The highest BCUT2D eigenvalue weighted by molar-refractivity contribution is 4.75. The van der Waals surface area contributed by atoms with E-state index >= 15 is 0 Å². The molecule has 0 N–H and O–H groups in total. The summed E-state index contributed by atoms with van der Waals surface area (Å²) in [5.74, 6) is 0. The first-order valence-electron chi connectivity index (χ1n) is 3.35. The molecule has 0 saturated heterocycles. The van der Waals surface area contributed by atoms with Crippen molar-refractivity contribution in [1.82, 2.24) is 0 Å². The highest BCUT2D eigenvalue weighted by Crippen LogP contribution is 1.80. The maximum atomic E-state index is 5.10. The SMILES string of the molecule is COC=CCOCC=COC. The molecule has 0 fully saturated rings. The van der Waals surface area contributed by atoms with Gasteiger partial charge in [0.1, 0.15) is 0 Å². The van der Waals surface area contributed by atoms with Crippen molar-refractivity contribution in [2.75, 3.05) is 27.4 Å². The molecule has 11 heavy (non-hydrogen) atoms. The van der Waals surface area contributed by atoms with Crippen LogP contribution in [0.3, 0.4) is 0 Å². The van der Waals surface area contributed by atoms with Gasteiger partial charge in [-0.1, -0.05) is 0 Å². The minimum atomic E-state index is 0.557. The van der Waals surface area contributed by atoms with Crippen molar-refractivity contribution in [3.05, 3.63) is 24.7 Å². The summed E-state index contributed by atoms with van der Waals surface area (Å²) in [5.41, 5.74) is 0. The first kappa shape index (κ1) is 10.0. The highest BCUT2D eigenvalue weighted by Gasteiger charge is 1.77. The zero-order valence-electron chi connectivity index (χ0n) is 6.95. The summed E-state index contributed by atoms with van der Waals surface area (Å²) in [5, 5.41) is 0. The van der Waals surface area contributed by atoms with Gasteiger partial charge in [0.25, 0.3) is 0 Å². The van der Waals surface area contributed by atoms with Gasteiger partial charge in [0.15, 0.2) is 0 Å². The molecule has 0 bridgehead atoms. The Morgan fingerprint density at radius 3 is 1.73 bits per heavy atom. The molecule has 3 nitrogen and oxygen atoms in total. The Labute approximate surface area is 67.3 Å². The number of hydrogen-bond donors (Lipinski definition) is 0. The first-order valence-corrected chi connectivity index (χ1v) is 3.35. The van der Waals surface area contributed by atoms with Gasteiger partial charge < -0.3 is 14.2 Å². The normalized spacial score (nSPS) is 11.1. The molecule has 3 heteroatoms. The Morgan fingerprint density at radius 1 is 0.909 bits per heavy atom. The summed E-state index contributed by atoms with van der Waals surface area (Å²) in [6.07, 6.45) is 6.75. The summed E-state index contributed by atoms with van der Waals surface area (Å²) in [7, 11) is 3.20. The summed E-state index contributed by atoms with van der Waals surface area (Å²) in [4.78, 5) is 0. The molecular weight excluding hydrogens is 144 g/mol. The van der Waals surface area contributed by atoms with Crippen LogP contribution in [0.2, 0.25) is 0 Å². The Bertz CT molecular complexity index is 105. The molecule has 0 amide bonds. The van der Waals surface area contributed by atoms with Gasteiger partial charge in [-0.25, -0.2) is 0 Å². The van der Waals surface area contributed by atoms with Crippen LogP contribution in [0, 0.1) is 0 Å². The molecule has 0 aromatic carbocycles. The van der Waals surface area contributed by atoms with Crippen LogP contribution in [-0.4, -0.2) is 27.4 Å². The maximum Gasteiger partial charge on any atom is 0.0807 e. The van der Waals surface area contributed by atoms with Crippen LogP contribution >= 0.6 is 0 Å². The molecule has 0 aromatic heterocycles. The lowest BCUT2D eigenvalue weighted by molar-refractivity contribution is 0.188. The molecule has 0 aromatic rings. The molecule has 0 radical (unpaired) electrons. The number of hydrogen-bond acceptors (Lipinski definition) is 3. The van der Waals surface area contributed by atoms with Crippen LogP contribution in [-0.2, 0) is 14.2 Å². The smallest absolute Gasteiger partial charge is 0.0807 e. The Hall–Kier alpha value is -0.960. The minimum Gasteiger partial charge on any atom is -0.505 e. The lowest BCUT2D eigenvalue weighted by Gasteiger charge is -1.93. The van der Waals surface area contributed by atoms with Gasteiger partial charge in [0.05, 0.1) is 40.0 Å². The Morgan fingerprint density at radius 2 is 1.36 bits per heavy atom. The van der Waals surface area contributed by atoms with Crippen molar-refractivity contribution >= 4 is 0 Å². The topological polar surface area (TPSA) is 27.7 Å². The van der Waals surface area contributed by atoms with Crippen molar-refractivity contribution in [1.29, 1.82) is 0 Å². The van der Waals surface area contributed by atoms with E-state index in [-0.39, 0.29) is 0 Å². The molecule has 0 saturated carbocycles. The van der Waals surface area contributed by atoms with Gasteiger partial charge in [-0.2, -0.15) is 0 Å². The van der Waals surface area contributed by atoms with E-state index in [1.165, 1.54) is 0 Å². The molecule has 0 aliphatic carbocycles. The van der Waals surface area contributed by atoms with Crippen molar-refractivity contribution < 1.29 is 14.2 Å². The standard InChI is InChI=1S/C8H14O3/c1-9-5-3-7-11-8-4-6-10-2/h3-6H,7-8H2,1-2H3. The van der Waals surface area contributed by atoms with Gasteiger partial charge in [-0.3, -0.25) is 0 Å². The second-order valence-corrected chi connectivity index (χ2v) is 1.75. The van der Waals surface area contributed by atoms with Crippen molar-refractivity contribution in [2.24, 2.45) is 0 Å². The number of rotatable bonds is 6. The fraction of sp³-hybridized carbons (Fsp3) is 0.500. The Balaban J connectivity index is 3.02. The molecule has 0 rings (SSSR count). The molecule has 0 heterocycles. The minimum absolute atomic E-state index is 0.557. The first-order chi connectivity index (χ1) is 5.41. The molecule has 0 aliphatic heterocycles. The van der Waals surface area contributed by atoms with Gasteiger partial charge in [0, 0.05) is 0 Å². The van der Waals surface area contributed by atoms with Crippen molar-refractivity contribution in [3.63, 3.8) is 0 Å². The molecule has 0 atom stereocenters. The molecule has 0 aliphatic rings. The molecule has 0 spiro atoms. The highest BCUT2D eigenvalue weighted by atomic mass is 16.5. The maximum absolute atomic E-state index is 5.10. The van der Waals surface area contributed by atoms with Gasteiger partial charge in [0.2, 0.25) is 0 Å². The average molecular weight is 158 g/mol. The van der Waals surface area contributed by atoms with E-state index in [9.17, 15) is 0 Å². The summed E-state index contributed by atoms with van der Waals surface area (Å²) in [6.45, 7) is 1.11. The van der Waals surface area contributed by atoms with E-state index in [0.717, 1.165) is 0 Å². The van der Waals surface area contributed by atoms with E-state index in [1.54, 1.807) is 38.9 Å². The van der Waals surface area contributed by atoms with E-state index in [2.05, 4.69) is 9.47 Å². The predicted octanol–water partition coefficient (Wildman–Crippen LogP) is 1.32. The fourth-order valence-electron chi connectivity index (χ4n) is 0.475. The van der Waals surface area contributed by atoms with Crippen LogP contribution in [0.15, 0.2) is 24.7 Å². The molecule has 0 unspecified atom stereocenters. The van der Waals surface area contributed by atoms with Crippen LogP contribution < -0.4 is 0 Å². The quantitative estimate of drug-likeness (QED) is 0.431. The van der Waals surface area contributed by atoms with Gasteiger partial charge >= 0.3 is 0 Å². The zero-order chi connectivity index (χ0) is 8.36. The third-order valence-electron chi connectivity index (χ3n) is 0.893. The lowest BCUT2D eigenvalue weighted by atomic mass is 10.6. The predicted molar refractivity (Wildman–Crippen MR) is 43.1 cm³/mol. The Kier molecular flexibility index (Phi) is 8.25. The lowest BCUT2D eigenvalue weighted by Crippen LogP contribution is -1.90. The van der Waals surface area contributed by atoms with Crippen LogP contribution in [0.4, 0.5) is 0 Å². The number of ether oxygens (including phenoxy) is 3. The van der Waals surface area contributed by atoms with E-state index < -0.39 is 0 Å². The fourth-order valence-corrected chi connectivity index (χ4v) is 0.475. The van der Waals surface area contributed by atoms with Crippen molar-refractivity contribution in [3.8, 4) is 0 Å². The zero-order valence-corrected chi connectivity index (χ0v) is 6.95. The largest absolute Gasteiger partial charge is 0.505 e. The molecule has 64 valence electrons. The van der Waals surface area contributed by atoms with Crippen LogP contribution in [0.1, 0.15) is 0 Å². The monoisotopic (exact) mass is 158 g/mol. The van der Waals surface area contributed by atoms with E-state index in [4.69, 9.17) is 4.74 Å². The van der Waals surface area contributed by atoms with Crippen LogP contribution in [0.5, 0.6) is 0 Å². The second kappa shape index (κ2) is 9.04. The third kappa shape index (κ3) is 9.04. The summed E-state index contributed by atoms with van der Waals surface area (Å²) >= 11 is 0. The third-order valence-corrected chi connectivity index (χ3v) is 0.893. The average Bonchev–Trinajstić information content (AvgIpc) is 2.03. The van der Waals surface area contributed by atoms with Crippen LogP contribution in [0.25, 0.3) is 0 Å². The van der Waals surface area contributed by atoms with Gasteiger partial charge in [-0.05, 0) is 12.2 Å². The van der Waals surface area contributed by atoms with Gasteiger partial charge in [-0.15, -0.1) is 0 Å².